The van der Waals surface area contributed by atoms with E-state index in [0.29, 0.717) is 12.2 Å². The van der Waals surface area contributed by atoms with Gasteiger partial charge in [0.2, 0.25) is 0 Å². The Morgan fingerprint density at radius 3 is 2.46 bits per heavy atom. The van der Waals surface area contributed by atoms with Crippen molar-refractivity contribution < 1.29 is 14.3 Å². The van der Waals surface area contributed by atoms with Crippen molar-refractivity contribution in [3.8, 4) is 0 Å². The second kappa shape index (κ2) is 7.00. The topological polar surface area (TPSA) is 62.4 Å². The third-order valence-electron chi connectivity index (χ3n) is 3.76. The molecule has 3 rings (SSSR count). The van der Waals surface area contributed by atoms with Gasteiger partial charge in [-0.15, -0.1) is 0 Å². The average Bonchev–Trinajstić information content (AvgIpc) is 3.05. The Kier molecular flexibility index (Phi) is 4.61. The van der Waals surface area contributed by atoms with E-state index in [4.69, 9.17) is 4.74 Å². The summed E-state index contributed by atoms with van der Waals surface area (Å²) in [6, 6.07) is 18.6. The molecule has 0 saturated carbocycles. The Morgan fingerprint density at radius 2 is 1.75 bits per heavy atom. The SMILES string of the molecule is CCN(C(=O)COC(=O)c1cc2ccccc2[nH]1)c1ccccc1. The molecule has 0 aliphatic rings. The van der Waals surface area contributed by atoms with E-state index in [1.165, 1.54) is 0 Å². The number of nitrogens with one attached hydrogen (secondary N) is 1. The molecule has 0 aliphatic carbocycles. The lowest BCUT2D eigenvalue weighted by atomic mass is 10.2. The zero-order valence-corrected chi connectivity index (χ0v) is 13.4. The normalized spacial score (nSPS) is 10.5. The number of carbonyl (C=O) groups is 2. The van der Waals surface area contributed by atoms with E-state index in [-0.39, 0.29) is 12.5 Å². The second-order valence-corrected chi connectivity index (χ2v) is 5.32. The predicted molar refractivity (Wildman–Crippen MR) is 93.1 cm³/mol. The maximum atomic E-state index is 12.3. The first kappa shape index (κ1) is 15.8. The smallest absolute Gasteiger partial charge is 0.355 e. The number of rotatable bonds is 5. The number of aromatic amines is 1. The van der Waals surface area contributed by atoms with Crippen LogP contribution in [0.5, 0.6) is 0 Å². The molecule has 5 nitrogen and oxygen atoms in total. The summed E-state index contributed by atoms with van der Waals surface area (Å²) in [5, 5.41) is 0.926. The minimum Gasteiger partial charge on any atom is -0.451 e. The number of esters is 1. The molecule has 122 valence electrons. The van der Waals surface area contributed by atoms with Crippen molar-refractivity contribution in [1.82, 2.24) is 4.98 Å². The van der Waals surface area contributed by atoms with E-state index >= 15 is 0 Å². The van der Waals surface area contributed by atoms with E-state index in [9.17, 15) is 9.59 Å². The summed E-state index contributed by atoms with van der Waals surface area (Å²) in [4.78, 5) is 29.0. The van der Waals surface area contributed by atoms with Gasteiger partial charge in [0.05, 0.1) is 0 Å². The summed E-state index contributed by atoms with van der Waals surface area (Å²) < 4.78 is 5.16. The number of nitrogens with zero attached hydrogens (tertiary/aromatic N) is 1. The van der Waals surface area contributed by atoms with E-state index in [2.05, 4.69) is 4.98 Å². The van der Waals surface area contributed by atoms with Crippen molar-refractivity contribution in [2.45, 2.75) is 6.92 Å². The maximum Gasteiger partial charge on any atom is 0.355 e. The summed E-state index contributed by atoms with van der Waals surface area (Å²) in [5.41, 5.74) is 1.98. The van der Waals surface area contributed by atoms with Crippen LogP contribution in [0, 0.1) is 0 Å². The van der Waals surface area contributed by atoms with Gasteiger partial charge in [0.1, 0.15) is 5.69 Å². The lowest BCUT2D eigenvalue weighted by Gasteiger charge is -2.20. The van der Waals surface area contributed by atoms with Crippen molar-refractivity contribution >= 4 is 28.5 Å². The van der Waals surface area contributed by atoms with Crippen LogP contribution in [-0.4, -0.2) is 30.0 Å². The number of benzene rings is 2. The highest BCUT2D eigenvalue weighted by Crippen LogP contribution is 2.16. The fourth-order valence-electron chi connectivity index (χ4n) is 2.58. The summed E-state index contributed by atoms with van der Waals surface area (Å²) in [7, 11) is 0. The lowest BCUT2D eigenvalue weighted by Crippen LogP contribution is -2.34. The van der Waals surface area contributed by atoms with Gasteiger partial charge < -0.3 is 14.6 Å². The number of ether oxygens (including phenoxy) is 1. The fraction of sp³-hybridized carbons (Fsp3) is 0.158. The Morgan fingerprint density at radius 1 is 1.04 bits per heavy atom. The van der Waals surface area contributed by atoms with Crippen LogP contribution in [0.1, 0.15) is 17.4 Å². The molecule has 0 radical (unpaired) electrons. The minimum absolute atomic E-state index is 0.256. The minimum atomic E-state index is -0.538. The van der Waals surface area contributed by atoms with Gasteiger partial charge in [0, 0.05) is 23.1 Å². The summed E-state index contributed by atoms with van der Waals surface area (Å²) >= 11 is 0. The molecular formula is C19H18N2O3. The molecule has 0 saturated heterocycles. The molecule has 1 amide bonds. The molecule has 0 aliphatic heterocycles. The van der Waals surface area contributed by atoms with Gasteiger partial charge in [-0.2, -0.15) is 0 Å². The van der Waals surface area contributed by atoms with Crippen LogP contribution in [0.2, 0.25) is 0 Å². The molecule has 0 bridgehead atoms. The Bertz CT molecular complexity index is 822. The van der Waals surface area contributed by atoms with Gasteiger partial charge in [-0.1, -0.05) is 36.4 Å². The number of carbonyl (C=O) groups excluding carboxylic acids is 2. The van der Waals surface area contributed by atoms with E-state index < -0.39 is 5.97 Å². The van der Waals surface area contributed by atoms with Crippen molar-refractivity contribution in [3.63, 3.8) is 0 Å². The van der Waals surface area contributed by atoms with Gasteiger partial charge in [-0.3, -0.25) is 4.79 Å². The second-order valence-electron chi connectivity index (χ2n) is 5.32. The van der Waals surface area contributed by atoms with Crippen molar-refractivity contribution in [2.24, 2.45) is 0 Å². The number of amides is 1. The first-order chi connectivity index (χ1) is 11.7. The number of H-pyrrole nitrogens is 1. The Labute approximate surface area is 139 Å². The Hall–Kier alpha value is -3.08. The maximum absolute atomic E-state index is 12.3. The largest absolute Gasteiger partial charge is 0.451 e. The summed E-state index contributed by atoms with van der Waals surface area (Å²) in [6.07, 6.45) is 0. The van der Waals surface area contributed by atoms with Crippen LogP contribution in [0.3, 0.4) is 0 Å². The summed E-state index contributed by atoms with van der Waals surface area (Å²) in [5.74, 6) is -0.795. The van der Waals surface area contributed by atoms with Crippen LogP contribution < -0.4 is 4.90 Å². The molecule has 0 spiro atoms. The highest BCUT2D eigenvalue weighted by Gasteiger charge is 2.17. The summed E-state index contributed by atoms with van der Waals surface area (Å²) in [6.45, 7) is 2.09. The number of aromatic nitrogens is 1. The number of anilines is 1. The molecule has 5 heteroatoms. The average molecular weight is 322 g/mol. The van der Waals surface area contributed by atoms with Gasteiger partial charge in [0.25, 0.3) is 5.91 Å². The molecule has 24 heavy (non-hydrogen) atoms. The van der Waals surface area contributed by atoms with E-state index in [1.54, 1.807) is 11.0 Å². The number of likely N-dealkylation sites (N-methyl/N-ethyl adjacent to an activating group) is 1. The van der Waals surface area contributed by atoms with Crippen molar-refractivity contribution in [1.29, 1.82) is 0 Å². The van der Waals surface area contributed by atoms with E-state index in [1.807, 2.05) is 61.5 Å². The fourth-order valence-corrected chi connectivity index (χ4v) is 2.58. The van der Waals surface area contributed by atoms with Crippen LogP contribution >= 0.6 is 0 Å². The molecule has 0 atom stereocenters. The Balaban J connectivity index is 1.65. The van der Waals surface area contributed by atoms with Gasteiger partial charge in [-0.05, 0) is 31.2 Å². The molecule has 3 aromatic rings. The van der Waals surface area contributed by atoms with Crippen molar-refractivity contribution in [3.05, 3.63) is 66.4 Å². The van der Waals surface area contributed by atoms with Crippen molar-refractivity contribution in [2.75, 3.05) is 18.1 Å². The number of fused-ring (bicyclic) bond motifs is 1. The van der Waals surface area contributed by atoms with Gasteiger partial charge >= 0.3 is 5.97 Å². The zero-order chi connectivity index (χ0) is 16.9. The van der Waals surface area contributed by atoms with Gasteiger partial charge in [0.15, 0.2) is 6.61 Å². The zero-order valence-electron chi connectivity index (χ0n) is 13.4. The van der Waals surface area contributed by atoms with Gasteiger partial charge in [-0.25, -0.2) is 4.79 Å². The molecule has 2 aromatic carbocycles. The number of hydrogen-bond donors (Lipinski definition) is 1. The third kappa shape index (κ3) is 3.30. The molecule has 1 N–H and O–H groups in total. The molecular weight excluding hydrogens is 304 g/mol. The monoisotopic (exact) mass is 322 g/mol. The highest BCUT2D eigenvalue weighted by molar-refractivity contribution is 5.98. The standard InChI is InChI=1S/C19H18N2O3/c1-2-21(15-9-4-3-5-10-15)18(22)13-24-19(23)17-12-14-8-6-7-11-16(14)20-17/h3-12,20H,2,13H2,1H3. The first-order valence-electron chi connectivity index (χ1n) is 7.79. The lowest BCUT2D eigenvalue weighted by molar-refractivity contribution is -0.121. The van der Waals surface area contributed by atoms with Crippen LogP contribution in [0.15, 0.2) is 60.7 Å². The first-order valence-corrected chi connectivity index (χ1v) is 7.79. The molecule has 0 fully saturated rings. The third-order valence-corrected chi connectivity index (χ3v) is 3.76. The quantitative estimate of drug-likeness (QED) is 0.733. The molecule has 0 unspecified atom stereocenters. The van der Waals surface area contributed by atoms with Crippen LogP contribution in [0.25, 0.3) is 10.9 Å². The van der Waals surface area contributed by atoms with E-state index in [0.717, 1.165) is 16.6 Å². The van der Waals surface area contributed by atoms with Crippen LogP contribution in [0.4, 0.5) is 5.69 Å². The molecule has 1 heterocycles. The molecule has 1 aromatic heterocycles. The van der Waals surface area contributed by atoms with Crippen LogP contribution in [-0.2, 0) is 9.53 Å². The number of para-hydroxylation sites is 2. The number of hydrogen-bond acceptors (Lipinski definition) is 3. The highest BCUT2D eigenvalue weighted by atomic mass is 16.5. The predicted octanol–water partition coefficient (Wildman–Crippen LogP) is 3.38.